The minimum absolute atomic E-state index is 0.00454. The van der Waals surface area contributed by atoms with Crippen molar-refractivity contribution in [2.45, 2.75) is 39.2 Å². The first kappa shape index (κ1) is 16.3. The number of nitrogens with zero attached hydrogens (tertiary/aromatic N) is 1. The van der Waals surface area contributed by atoms with Gasteiger partial charge in [0.25, 0.3) is 0 Å². The first-order chi connectivity index (χ1) is 8.92. The molecule has 0 aromatic heterocycles. The number of aliphatic carboxylic acids is 1. The Bertz CT molecular complexity index is 335. The summed E-state index contributed by atoms with van der Waals surface area (Å²) < 4.78 is 0. The van der Waals surface area contributed by atoms with Gasteiger partial charge >= 0.3 is 5.97 Å². The molecule has 1 fully saturated rings. The molecule has 0 saturated heterocycles. The van der Waals surface area contributed by atoms with Gasteiger partial charge in [0.05, 0.1) is 11.8 Å². The molecular formula is C14H25NO3S. The highest BCUT2D eigenvalue weighted by Crippen LogP contribution is 2.39. The van der Waals surface area contributed by atoms with Gasteiger partial charge in [0.1, 0.15) is 0 Å². The van der Waals surface area contributed by atoms with Crippen molar-refractivity contribution in [1.29, 1.82) is 0 Å². The van der Waals surface area contributed by atoms with Gasteiger partial charge in [-0.2, -0.15) is 11.8 Å². The molecule has 1 aliphatic carbocycles. The summed E-state index contributed by atoms with van der Waals surface area (Å²) in [6, 6.07) is 0.151. The number of rotatable bonds is 6. The molecule has 1 rings (SSSR count). The molecule has 19 heavy (non-hydrogen) atoms. The Morgan fingerprint density at radius 3 is 2.42 bits per heavy atom. The van der Waals surface area contributed by atoms with Gasteiger partial charge in [-0.15, -0.1) is 0 Å². The summed E-state index contributed by atoms with van der Waals surface area (Å²) in [5.41, 5.74) is 0. The van der Waals surface area contributed by atoms with Crippen LogP contribution in [0.4, 0.5) is 0 Å². The average Bonchev–Trinajstić information content (AvgIpc) is 2.81. The van der Waals surface area contributed by atoms with E-state index in [4.69, 9.17) is 0 Å². The minimum Gasteiger partial charge on any atom is -0.481 e. The maximum Gasteiger partial charge on any atom is 0.307 e. The standard InChI is InChI=1S/C14H25NO3S/c1-5-10-6-11(12(7-10)14(17)18)13(16)15(3)9(2)8-19-4/h9-12H,5-8H2,1-4H3,(H,17,18)/t9?,10?,11-,12+/m0/s1. The van der Waals surface area contributed by atoms with E-state index in [-0.39, 0.29) is 17.9 Å². The van der Waals surface area contributed by atoms with Crippen LogP contribution in [0.1, 0.15) is 33.1 Å². The van der Waals surface area contributed by atoms with E-state index < -0.39 is 11.9 Å². The van der Waals surface area contributed by atoms with Gasteiger partial charge in [0.2, 0.25) is 5.91 Å². The van der Waals surface area contributed by atoms with Gasteiger partial charge in [0, 0.05) is 18.8 Å². The molecule has 5 heteroatoms. The molecule has 0 aliphatic heterocycles. The van der Waals surface area contributed by atoms with Crippen molar-refractivity contribution in [3.05, 3.63) is 0 Å². The van der Waals surface area contributed by atoms with Gasteiger partial charge in [-0.1, -0.05) is 13.3 Å². The van der Waals surface area contributed by atoms with Crippen LogP contribution in [0.25, 0.3) is 0 Å². The average molecular weight is 287 g/mol. The molecule has 1 amide bonds. The van der Waals surface area contributed by atoms with Gasteiger partial charge in [-0.25, -0.2) is 0 Å². The monoisotopic (exact) mass is 287 g/mol. The summed E-state index contributed by atoms with van der Waals surface area (Å²) in [5, 5.41) is 9.29. The second-order valence-corrected chi connectivity index (χ2v) is 6.46. The van der Waals surface area contributed by atoms with E-state index in [0.717, 1.165) is 18.6 Å². The number of thioether (sulfide) groups is 1. The van der Waals surface area contributed by atoms with E-state index in [2.05, 4.69) is 6.92 Å². The Balaban J connectivity index is 2.76. The van der Waals surface area contributed by atoms with Crippen molar-refractivity contribution < 1.29 is 14.7 Å². The zero-order valence-electron chi connectivity index (χ0n) is 12.3. The number of carbonyl (C=O) groups is 2. The van der Waals surface area contributed by atoms with E-state index in [1.807, 2.05) is 13.2 Å². The molecule has 1 saturated carbocycles. The molecule has 0 spiro atoms. The Kier molecular flexibility index (Phi) is 6.17. The molecule has 0 bridgehead atoms. The van der Waals surface area contributed by atoms with Crippen LogP contribution in [0, 0.1) is 17.8 Å². The van der Waals surface area contributed by atoms with E-state index in [0.29, 0.717) is 12.3 Å². The largest absolute Gasteiger partial charge is 0.481 e. The fourth-order valence-electron chi connectivity index (χ4n) is 2.85. The molecule has 110 valence electrons. The van der Waals surface area contributed by atoms with E-state index in [9.17, 15) is 14.7 Å². The summed E-state index contributed by atoms with van der Waals surface area (Å²) in [5.74, 6) is -0.397. The maximum atomic E-state index is 12.5. The summed E-state index contributed by atoms with van der Waals surface area (Å²) >= 11 is 1.70. The van der Waals surface area contributed by atoms with Crippen LogP contribution in [0.15, 0.2) is 0 Å². The number of hydrogen-bond donors (Lipinski definition) is 1. The fraction of sp³-hybridized carbons (Fsp3) is 0.857. The normalized spacial score (nSPS) is 28.1. The summed E-state index contributed by atoms with van der Waals surface area (Å²) in [7, 11) is 1.79. The van der Waals surface area contributed by atoms with Crippen molar-refractivity contribution >= 4 is 23.6 Å². The van der Waals surface area contributed by atoms with Crippen molar-refractivity contribution in [3.63, 3.8) is 0 Å². The number of carbonyl (C=O) groups excluding carboxylic acids is 1. The molecule has 4 nitrogen and oxygen atoms in total. The van der Waals surface area contributed by atoms with Crippen LogP contribution in [0.2, 0.25) is 0 Å². The zero-order chi connectivity index (χ0) is 14.6. The van der Waals surface area contributed by atoms with Crippen LogP contribution >= 0.6 is 11.8 Å². The van der Waals surface area contributed by atoms with Gasteiger partial charge < -0.3 is 10.0 Å². The van der Waals surface area contributed by atoms with Crippen LogP contribution in [0.3, 0.4) is 0 Å². The van der Waals surface area contributed by atoms with Crippen molar-refractivity contribution in [2.75, 3.05) is 19.1 Å². The Morgan fingerprint density at radius 1 is 1.37 bits per heavy atom. The van der Waals surface area contributed by atoms with E-state index in [1.54, 1.807) is 23.7 Å². The predicted molar refractivity (Wildman–Crippen MR) is 78.2 cm³/mol. The van der Waals surface area contributed by atoms with Crippen molar-refractivity contribution in [3.8, 4) is 0 Å². The number of carboxylic acids is 1. The third kappa shape index (κ3) is 3.88. The lowest BCUT2D eigenvalue weighted by atomic mass is 9.94. The van der Waals surface area contributed by atoms with Crippen LogP contribution in [-0.2, 0) is 9.59 Å². The quantitative estimate of drug-likeness (QED) is 0.814. The lowest BCUT2D eigenvalue weighted by molar-refractivity contribution is -0.149. The molecule has 1 aliphatic rings. The first-order valence-corrected chi connectivity index (χ1v) is 8.30. The van der Waals surface area contributed by atoms with Crippen LogP contribution < -0.4 is 0 Å². The molecule has 0 heterocycles. The molecule has 4 atom stereocenters. The van der Waals surface area contributed by atoms with E-state index >= 15 is 0 Å². The molecular weight excluding hydrogens is 262 g/mol. The highest BCUT2D eigenvalue weighted by Gasteiger charge is 2.43. The number of hydrogen-bond acceptors (Lipinski definition) is 3. The zero-order valence-corrected chi connectivity index (χ0v) is 13.1. The van der Waals surface area contributed by atoms with Crippen LogP contribution in [-0.4, -0.2) is 47.0 Å². The Labute approximate surface area is 119 Å². The third-order valence-corrected chi connectivity index (χ3v) is 5.10. The van der Waals surface area contributed by atoms with Crippen molar-refractivity contribution in [2.24, 2.45) is 17.8 Å². The topological polar surface area (TPSA) is 57.6 Å². The molecule has 1 N–H and O–H groups in total. The van der Waals surface area contributed by atoms with Crippen molar-refractivity contribution in [1.82, 2.24) is 4.90 Å². The fourth-order valence-corrected chi connectivity index (χ4v) is 3.56. The second-order valence-electron chi connectivity index (χ2n) is 5.55. The predicted octanol–water partition coefficient (Wildman–Crippen LogP) is 2.33. The van der Waals surface area contributed by atoms with Gasteiger partial charge in [0.15, 0.2) is 0 Å². The number of carboxylic acid groups (broad SMARTS) is 1. The molecule has 0 aromatic rings. The highest BCUT2D eigenvalue weighted by molar-refractivity contribution is 7.98. The third-order valence-electron chi connectivity index (χ3n) is 4.29. The second kappa shape index (κ2) is 7.17. The van der Waals surface area contributed by atoms with Gasteiger partial charge in [-0.05, 0) is 31.9 Å². The minimum atomic E-state index is -0.819. The lowest BCUT2D eigenvalue weighted by Crippen LogP contribution is -2.42. The summed E-state index contributed by atoms with van der Waals surface area (Å²) in [6.45, 7) is 4.08. The summed E-state index contributed by atoms with van der Waals surface area (Å²) in [4.78, 5) is 25.5. The molecule has 0 radical (unpaired) electrons. The maximum absolute atomic E-state index is 12.5. The lowest BCUT2D eigenvalue weighted by Gasteiger charge is -2.28. The summed E-state index contributed by atoms with van der Waals surface area (Å²) in [6.07, 6.45) is 4.34. The first-order valence-electron chi connectivity index (χ1n) is 6.90. The Morgan fingerprint density at radius 2 is 1.95 bits per heavy atom. The van der Waals surface area contributed by atoms with Crippen LogP contribution in [0.5, 0.6) is 0 Å². The highest BCUT2D eigenvalue weighted by atomic mass is 32.2. The van der Waals surface area contributed by atoms with Gasteiger partial charge in [-0.3, -0.25) is 9.59 Å². The SMILES string of the molecule is CCC1C[C@H](C(=O)N(C)C(C)CSC)[C@H](C(=O)O)C1. The smallest absolute Gasteiger partial charge is 0.307 e. The molecule has 2 unspecified atom stereocenters. The number of amides is 1. The van der Waals surface area contributed by atoms with E-state index in [1.165, 1.54) is 0 Å². The molecule has 0 aromatic carbocycles. The Hall–Kier alpha value is -0.710.